The quantitative estimate of drug-likeness (QED) is 0.567. The third-order valence-corrected chi connectivity index (χ3v) is 4.99. The van der Waals surface area contributed by atoms with Crippen LogP contribution in [-0.2, 0) is 4.79 Å². The number of nitrogens with one attached hydrogen (secondary N) is 3. The number of hydrogen-bond donors (Lipinski definition) is 3. The summed E-state index contributed by atoms with van der Waals surface area (Å²) in [5.41, 5.74) is 5.17. The van der Waals surface area contributed by atoms with Crippen molar-refractivity contribution in [1.29, 1.82) is 0 Å². The summed E-state index contributed by atoms with van der Waals surface area (Å²) < 4.78 is 10.5. The zero-order chi connectivity index (χ0) is 22.5. The summed E-state index contributed by atoms with van der Waals surface area (Å²) in [5, 5.41) is 3.22. The van der Waals surface area contributed by atoms with Crippen molar-refractivity contribution in [3.05, 3.63) is 57.6 Å². The van der Waals surface area contributed by atoms with E-state index < -0.39 is 23.8 Å². The zero-order valence-corrected chi connectivity index (χ0v) is 18.3. The van der Waals surface area contributed by atoms with E-state index in [1.165, 1.54) is 24.3 Å². The molecule has 1 unspecified atom stereocenters. The second-order valence-corrected chi connectivity index (χ2v) is 8.13. The average molecular weight is 466 g/mol. The predicted molar refractivity (Wildman–Crippen MR) is 115 cm³/mol. The van der Waals surface area contributed by atoms with Crippen molar-refractivity contribution in [1.82, 2.24) is 16.2 Å². The van der Waals surface area contributed by atoms with Crippen LogP contribution in [0.3, 0.4) is 0 Å². The fourth-order valence-electron chi connectivity index (χ4n) is 2.93. The van der Waals surface area contributed by atoms with Crippen LogP contribution in [0.25, 0.3) is 0 Å². The van der Waals surface area contributed by atoms with Gasteiger partial charge < -0.3 is 14.8 Å². The molecular formula is C21H21Cl2N3O5. The number of carbonyl (C=O) groups is 3. The summed E-state index contributed by atoms with van der Waals surface area (Å²) >= 11 is 11.9. The van der Waals surface area contributed by atoms with Crippen LogP contribution in [0.1, 0.15) is 41.0 Å². The number of hydrogen-bond acceptors (Lipinski definition) is 5. The smallest absolute Gasteiger partial charge is 0.269 e. The lowest BCUT2D eigenvalue weighted by Gasteiger charge is -2.20. The molecule has 0 aliphatic carbocycles. The molecular weight excluding hydrogens is 445 g/mol. The van der Waals surface area contributed by atoms with Crippen molar-refractivity contribution in [2.45, 2.75) is 26.3 Å². The molecule has 3 N–H and O–H groups in total. The standard InChI is InChI=1S/C21H21Cl2N3O5/c1-11(2)7-16(24-20(28)14-5-4-13(22)9-15(14)23)21(29)26-25-19(27)12-3-6-17-18(8-12)31-10-30-17/h3-6,8-9,11,16H,7,10H2,1-2H3,(H,24,28)(H,25,27)(H,26,29). The molecule has 1 aliphatic rings. The molecule has 3 rings (SSSR count). The first-order chi connectivity index (χ1) is 14.7. The van der Waals surface area contributed by atoms with Gasteiger partial charge in [0.05, 0.1) is 10.6 Å². The van der Waals surface area contributed by atoms with Crippen molar-refractivity contribution in [2.24, 2.45) is 5.92 Å². The molecule has 0 saturated carbocycles. The van der Waals surface area contributed by atoms with Gasteiger partial charge in [-0.3, -0.25) is 25.2 Å². The first-order valence-electron chi connectivity index (χ1n) is 9.50. The molecule has 0 bridgehead atoms. The number of rotatable bonds is 6. The van der Waals surface area contributed by atoms with Crippen molar-refractivity contribution in [2.75, 3.05) is 6.79 Å². The fourth-order valence-corrected chi connectivity index (χ4v) is 3.42. The minimum Gasteiger partial charge on any atom is -0.454 e. The Bertz CT molecular complexity index is 1010. The molecule has 2 aromatic carbocycles. The number of halogens is 2. The van der Waals surface area contributed by atoms with Crippen LogP contribution in [0.5, 0.6) is 11.5 Å². The minimum atomic E-state index is -0.892. The van der Waals surface area contributed by atoms with Crippen molar-refractivity contribution in [3.63, 3.8) is 0 Å². The van der Waals surface area contributed by atoms with E-state index in [9.17, 15) is 14.4 Å². The molecule has 0 fully saturated rings. The Labute approximate surface area is 189 Å². The van der Waals surface area contributed by atoms with Gasteiger partial charge in [-0.15, -0.1) is 0 Å². The second kappa shape index (κ2) is 9.89. The van der Waals surface area contributed by atoms with Gasteiger partial charge in [0, 0.05) is 10.6 Å². The number of benzene rings is 2. The highest BCUT2D eigenvalue weighted by molar-refractivity contribution is 6.36. The van der Waals surface area contributed by atoms with E-state index in [0.717, 1.165) is 0 Å². The van der Waals surface area contributed by atoms with Gasteiger partial charge in [0.25, 0.3) is 17.7 Å². The van der Waals surface area contributed by atoms with E-state index in [1.807, 2.05) is 13.8 Å². The molecule has 0 spiro atoms. The summed E-state index contributed by atoms with van der Waals surface area (Å²) in [6.07, 6.45) is 0.350. The zero-order valence-electron chi connectivity index (χ0n) is 16.8. The van der Waals surface area contributed by atoms with E-state index in [2.05, 4.69) is 16.2 Å². The van der Waals surface area contributed by atoms with Gasteiger partial charge in [0.2, 0.25) is 6.79 Å². The maximum atomic E-state index is 12.7. The van der Waals surface area contributed by atoms with Crippen LogP contribution in [0, 0.1) is 5.92 Å². The van der Waals surface area contributed by atoms with Gasteiger partial charge in [-0.2, -0.15) is 0 Å². The maximum absolute atomic E-state index is 12.7. The van der Waals surface area contributed by atoms with Crippen LogP contribution < -0.4 is 25.6 Å². The first-order valence-corrected chi connectivity index (χ1v) is 10.3. The summed E-state index contributed by atoms with van der Waals surface area (Å²) in [7, 11) is 0. The Morgan fingerprint density at radius 3 is 2.42 bits per heavy atom. The SMILES string of the molecule is CC(C)CC(NC(=O)c1ccc(Cl)cc1Cl)C(=O)NNC(=O)c1ccc2c(c1)OCO2. The van der Waals surface area contributed by atoms with Gasteiger partial charge in [-0.25, -0.2) is 0 Å². The molecule has 3 amide bonds. The van der Waals surface area contributed by atoms with Gasteiger partial charge in [-0.05, 0) is 48.7 Å². The summed E-state index contributed by atoms with van der Waals surface area (Å²) in [4.78, 5) is 37.7. The Hall–Kier alpha value is -2.97. The lowest BCUT2D eigenvalue weighted by molar-refractivity contribution is -0.124. The predicted octanol–water partition coefficient (Wildman–Crippen LogP) is 3.33. The number of amides is 3. The van der Waals surface area contributed by atoms with Crippen molar-refractivity contribution < 1.29 is 23.9 Å². The minimum absolute atomic E-state index is 0.0886. The highest BCUT2D eigenvalue weighted by atomic mass is 35.5. The van der Waals surface area contributed by atoms with Crippen LogP contribution in [0.15, 0.2) is 36.4 Å². The molecule has 0 radical (unpaired) electrons. The highest BCUT2D eigenvalue weighted by Crippen LogP contribution is 2.32. The first kappa shape index (κ1) is 22.7. The molecule has 164 valence electrons. The molecule has 31 heavy (non-hydrogen) atoms. The molecule has 10 heteroatoms. The lowest BCUT2D eigenvalue weighted by Crippen LogP contribution is -2.52. The highest BCUT2D eigenvalue weighted by Gasteiger charge is 2.24. The average Bonchev–Trinajstić information content (AvgIpc) is 3.18. The number of hydrazine groups is 1. The normalized spacial score (nSPS) is 12.9. The number of ether oxygens (including phenoxy) is 2. The van der Waals surface area contributed by atoms with E-state index >= 15 is 0 Å². The molecule has 1 heterocycles. The lowest BCUT2D eigenvalue weighted by atomic mass is 10.0. The monoisotopic (exact) mass is 465 g/mol. The van der Waals surface area contributed by atoms with Gasteiger partial charge in [-0.1, -0.05) is 37.0 Å². The molecule has 2 aromatic rings. The third-order valence-electron chi connectivity index (χ3n) is 4.44. The third kappa shape index (κ3) is 5.80. The molecule has 8 nitrogen and oxygen atoms in total. The molecule has 1 aliphatic heterocycles. The van der Waals surface area contributed by atoms with E-state index in [4.69, 9.17) is 32.7 Å². The van der Waals surface area contributed by atoms with Crippen molar-refractivity contribution in [3.8, 4) is 11.5 Å². The van der Waals surface area contributed by atoms with E-state index in [0.29, 0.717) is 22.9 Å². The Kier molecular flexibility index (Phi) is 7.25. The van der Waals surface area contributed by atoms with Gasteiger partial charge >= 0.3 is 0 Å². The Balaban J connectivity index is 1.64. The topological polar surface area (TPSA) is 106 Å². The largest absolute Gasteiger partial charge is 0.454 e. The molecule has 0 saturated heterocycles. The maximum Gasteiger partial charge on any atom is 0.269 e. The fraction of sp³-hybridized carbons (Fsp3) is 0.286. The number of carbonyl (C=O) groups excluding carboxylic acids is 3. The van der Waals surface area contributed by atoms with Gasteiger partial charge in [0.1, 0.15) is 6.04 Å². The summed E-state index contributed by atoms with van der Waals surface area (Å²) in [6, 6.07) is 8.23. The van der Waals surface area contributed by atoms with Crippen LogP contribution in [0.2, 0.25) is 10.0 Å². The summed E-state index contributed by atoms with van der Waals surface area (Å²) in [6.45, 7) is 3.91. The Morgan fingerprint density at radius 2 is 1.71 bits per heavy atom. The van der Waals surface area contributed by atoms with Crippen LogP contribution in [-0.4, -0.2) is 30.6 Å². The Morgan fingerprint density at radius 1 is 0.968 bits per heavy atom. The van der Waals surface area contributed by atoms with Crippen LogP contribution >= 0.6 is 23.2 Å². The summed E-state index contributed by atoms with van der Waals surface area (Å²) in [5.74, 6) is -0.543. The van der Waals surface area contributed by atoms with Crippen LogP contribution in [0.4, 0.5) is 0 Å². The number of fused-ring (bicyclic) bond motifs is 1. The second-order valence-electron chi connectivity index (χ2n) is 7.29. The van der Waals surface area contributed by atoms with E-state index in [-0.39, 0.29) is 28.9 Å². The van der Waals surface area contributed by atoms with Gasteiger partial charge in [0.15, 0.2) is 11.5 Å². The van der Waals surface area contributed by atoms with Crippen molar-refractivity contribution >= 4 is 40.9 Å². The molecule has 1 atom stereocenters. The molecule has 0 aromatic heterocycles. The van der Waals surface area contributed by atoms with E-state index in [1.54, 1.807) is 12.1 Å².